The van der Waals surface area contributed by atoms with E-state index in [1.165, 1.54) is 4.80 Å². The van der Waals surface area contributed by atoms with E-state index in [4.69, 9.17) is 20.9 Å². The Balaban J connectivity index is 1.50. The monoisotopic (exact) mass is 477 g/mol. The molecule has 4 aromatic rings. The number of methoxy groups -OCH3 is 1. The van der Waals surface area contributed by atoms with Gasteiger partial charge in [0.2, 0.25) is 0 Å². The van der Waals surface area contributed by atoms with Gasteiger partial charge in [-0.05, 0) is 56.0 Å². The Morgan fingerprint density at radius 3 is 2.74 bits per heavy atom. The lowest BCUT2D eigenvalue weighted by molar-refractivity contribution is 0.0730. The third kappa shape index (κ3) is 3.84. The molecular weight excluding hydrogens is 454 g/mol. The molecule has 0 saturated carbocycles. The maximum absolute atomic E-state index is 13.8. The molecule has 1 saturated heterocycles. The largest absolute Gasteiger partial charge is 0.496 e. The molecule has 2 aromatic carbocycles. The SMILES string of the molecule is COc1cc(C(=O)N2CCCC2c2cc(-c3cccc(Cl)c3C)on2)c(-n2nccn2)cc1C. The lowest BCUT2D eigenvalue weighted by Crippen LogP contribution is -2.31. The molecule has 0 spiro atoms. The minimum absolute atomic E-state index is 0.128. The Hall–Kier alpha value is -3.65. The predicted molar refractivity (Wildman–Crippen MR) is 127 cm³/mol. The van der Waals surface area contributed by atoms with Gasteiger partial charge in [0.15, 0.2) is 5.76 Å². The second kappa shape index (κ2) is 8.95. The van der Waals surface area contributed by atoms with Gasteiger partial charge < -0.3 is 14.2 Å². The highest BCUT2D eigenvalue weighted by atomic mass is 35.5. The van der Waals surface area contributed by atoms with Gasteiger partial charge in [-0.1, -0.05) is 28.9 Å². The minimum atomic E-state index is -0.199. The Kier molecular flexibility index (Phi) is 5.83. The average molecular weight is 478 g/mol. The molecule has 1 unspecified atom stereocenters. The maximum atomic E-state index is 13.8. The zero-order valence-electron chi connectivity index (χ0n) is 19.2. The smallest absolute Gasteiger partial charge is 0.256 e. The highest BCUT2D eigenvalue weighted by molar-refractivity contribution is 6.31. The molecule has 5 rings (SSSR count). The number of carbonyl (C=O) groups excluding carboxylic acids is 1. The third-order valence-electron chi connectivity index (χ3n) is 6.29. The number of nitrogens with zero attached hydrogens (tertiary/aromatic N) is 5. The number of likely N-dealkylation sites (tertiary alicyclic amines) is 1. The second-order valence-electron chi connectivity index (χ2n) is 8.34. The molecule has 9 heteroatoms. The first-order valence-corrected chi connectivity index (χ1v) is 11.4. The summed E-state index contributed by atoms with van der Waals surface area (Å²) in [6, 6.07) is 11.0. The summed E-state index contributed by atoms with van der Waals surface area (Å²) in [5.74, 6) is 1.14. The van der Waals surface area contributed by atoms with Crippen molar-refractivity contribution in [2.24, 2.45) is 0 Å². The molecule has 2 aromatic heterocycles. The molecule has 1 aliphatic rings. The molecule has 1 amide bonds. The van der Waals surface area contributed by atoms with Crippen molar-refractivity contribution in [3.8, 4) is 22.8 Å². The normalized spacial score (nSPS) is 15.6. The number of carbonyl (C=O) groups is 1. The number of hydrogen-bond acceptors (Lipinski definition) is 6. The van der Waals surface area contributed by atoms with Gasteiger partial charge in [0.05, 0.1) is 36.8 Å². The van der Waals surface area contributed by atoms with Gasteiger partial charge in [-0.2, -0.15) is 15.0 Å². The van der Waals surface area contributed by atoms with Crippen molar-refractivity contribution in [1.82, 2.24) is 25.1 Å². The first-order valence-electron chi connectivity index (χ1n) is 11.1. The lowest BCUT2D eigenvalue weighted by atomic mass is 10.0. The second-order valence-corrected chi connectivity index (χ2v) is 8.75. The zero-order valence-corrected chi connectivity index (χ0v) is 19.9. The van der Waals surface area contributed by atoms with Crippen LogP contribution < -0.4 is 4.74 Å². The van der Waals surface area contributed by atoms with Crippen LogP contribution in [-0.4, -0.2) is 44.6 Å². The van der Waals surface area contributed by atoms with Crippen LogP contribution in [0, 0.1) is 13.8 Å². The predicted octanol–water partition coefficient (Wildman–Crippen LogP) is 5.18. The van der Waals surface area contributed by atoms with Crippen molar-refractivity contribution < 1.29 is 14.1 Å². The minimum Gasteiger partial charge on any atom is -0.496 e. The van der Waals surface area contributed by atoms with Crippen LogP contribution in [0.1, 0.15) is 46.1 Å². The van der Waals surface area contributed by atoms with Crippen LogP contribution in [0.4, 0.5) is 0 Å². The number of hydrogen-bond donors (Lipinski definition) is 0. The van der Waals surface area contributed by atoms with E-state index in [-0.39, 0.29) is 11.9 Å². The van der Waals surface area contributed by atoms with Crippen LogP contribution in [0.2, 0.25) is 5.02 Å². The molecule has 0 aliphatic carbocycles. The summed E-state index contributed by atoms with van der Waals surface area (Å²) in [5.41, 5.74) is 4.50. The summed E-state index contributed by atoms with van der Waals surface area (Å²) >= 11 is 6.29. The fraction of sp³-hybridized carbons (Fsp3) is 0.280. The fourth-order valence-electron chi connectivity index (χ4n) is 4.49. The Morgan fingerprint density at radius 2 is 1.97 bits per heavy atom. The fourth-order valence-corrected chi connectivity index (χ4v) is 4.66. The van der Waals surface area contributed by atoms with E-state index in [1.54, 1.807) is 25.6 Å². The topological polar surface area (TPSA) is 86.3 Å². The summed E-state index contributed by atoms with van der Waals surface area (Å²) in [7, 11) is 1.59. The molecule has 3 heterocycles. The van der Waals surface area contributed by atoms with Crippen molar-refractivity contribution >= 4 is 17.5 Å². The number of ether oxygens (including phenoxy) is 1. The highest BCUT2D eigenvalue weighted by Crippen LogP contribution is 2.37. The molecule has 174 valence electrons. The summed E-state index contributed by atoms with van der Waals surface area (Å²) in [5, 5.41) is 13.5. The number of aryl methyl sites for hydroxylation is 1. The van der Waals surface area contributed by atoms with Gasteiger partial charge in [0, 0.05) is 23.2 Å². The van der Waals surface area contributed by atoms with Crippen molar-refractivity contribution in [2.75, 3.05) is 13.7 Å². The standard InChI is InChI=1S/C25H24ClN5O3/c1-15-12-22(31-27-9-10-28-31)18(13-23(15)33-3)25(32)30-11-5-8-21(30)20-14-24(34-29-20)17-6-4-7-19(26)16(17)2/h4,6-7,9-10,12-14,21H,5,8,11H2,1-3H3. The number of benzene rings is 2. The van der Waals surface area contributed by atoms with Gasteiger partial charge in [0.25, 0.3) is 5.91 Å². The number of amides is 1. The Morgan fingerprint density at radius 1 is 1.18 bits per heavy atom. The summed E-state index contributed by atoms with van der Waals surface area (Å²) in [6.45, 7) is 4.48. The van der Waals surface area contributed by atoms with Crippen LogP contribution in [-0.2, 0) is 0 Å². The maximum Gasteiger partial charge on any atom is 0.256 e. The van der Waals surface area contributed by atoms with Crippen LogP contribution >= 0.6 is 11.6 Å². The van der Waals surface area contributed by atoms with Crippen molar-refractivity contribution in [3.63, 3.8) is 0 Å². The summed E-state index contributed by atoms with van der Waals surface area (Å²) in [4.78, 5) is 17.1. The summed E-state index contributed by atoms with van der Waals surface area (Å²) in [6.07, 6.45) is 4.83. The van der Waals surface area contributed by atoms with Crippen molar-refractivity contribution in [1.29, 1.82) is 0 Å². The van der Waals surface area contributed by atoms with Gasteiger partial charge in [0.1, 0.15) is 11.4 Å². The van der Waals surface area contributed by atoms with E-state index in [0.29, 0.717) is 34.3 Å². The Labute approximate surface area is 202 Å². The zero-order chi connectivity index (χ0) is 23.8. The molecular formula is C25H24ClN5O3. The van der Waals surface area contributed by atoms with Crippen molar-refractivity contribution in [2.45, 2.75) is 32.7 Å². The van der Waals surface area contributed by atoms with E-state index in [2.05, 4.69) is 15.4 Å². The van der Waals surface area contributed by atoms with E-state index in [1.807, 2.05) is 49.1 Å². The number of rotatable bonds is 5. The number of halogens is 1. The average Bonchev–Trinajstić information content (AvgIpc) is 3.61. The van der Waals surface area contributed by atoms with E-state index >= 15 is 0 Å². The first kappa shape index (κ1) is 22.2. The molecule has 1 fully saturated rings. The summed E-state index contributed by atoms with van der Waals surface area (Å²) < 4.78 is 11.2. The lowest BCUT2D eigenvalue weighted by Gasteiger charge is -2.24. The highest BCUT2D eigenvalue weighted by Gasteiger charge is 2.34. The van der Waals surface area contributed by atoms with E-state index < -0.39 is 0 Å². The van der Waals surface area contributed by atoms with Gasteiger partial charge >= 0.3 is 0 Å². The van der Waals surface area contributed by atoms with E-state index in [0.717, 1.165) is 35.2 Å². The van der Waals surface area contributed by atoms with Crippen molar-refractivity contribution in [3.05, 3.63) is 76.2 Å². The quantitative estimate of drug-likeness (QED) is 0.393. The van der Waals surface area contributed by atoms with Gasteiger partial charge in [-0.3, -0.25) is 4.79 Å². The molecule has 8 nitrogen and oxygen atoms in total. The van der Waals surface area contributed by atoms with Gasteiger partial charge in [-0.15, -0.1) is 0 Å². The van der Waals surface area contributed by atoms with Crippen LogP contribution in [0.15, 0.2) is 53.3 Å². The van der Waals surface area contributed by atoms with Gasteiger partial charge in [-0.25, -0.2) is 0 Å². The number of aromatic nitrogens is 4. The molecule has 0 bridgehead atoms. The van der Waals surface area contributed by atoms with Crippen LogP contribution in [0.3, 0.4) is 0 Å². The molecule has 1 aliphatic heterocycles. The molecule has 34 heavy (non-hydrogen) atoms. The van der Waals surface area contributed by atoms with Crippen LogP contribution in [0.25, 0.3) is 17.0 Å². The third-order valence-corrected chi connectivity index (χ3v) is 6.70. The first-order chi connectivity index (χ1) is 16.5. The molecule has 1 atom stereocenters. The van der Waals surface area contributed by atoms with E-state index in [9.17, 15) is 4.79 Å². The Bertz CT molecular complexity index is 1350. The van der Waals surface area contributed by atoms with Crippen LogP contribution in [0.5, 0.6) is 5.75 Å². The molecule has 0 N–H and O–H groups in total. The molecule has 0 radical (unpaired) electrons.